The molecule has 0 saturated carbocycles. The van der Waals surface area contributed by atoms with Crippen molar-refractivity contribution in [3.05, 3.63) is 28.2 Å². The number of aryl methyl sites for hydroxylation is 2. The van der Waals surface area contributed by atoms with Crippen LogP contribution in [-0.4, -0.2) is 11.0 Å². The van der Waals surface area contributed by atoms with Crippen LogP contribution < -0.4 is 5.32 Å². The number of rotatable bonds is 5. The van der Waals surface area contributed by atoms with Crippen molar-refractivity contribution in [2.75, 3.05) is 0 Å². The average Bonchev–Trinajstić information content (AvgIpc) is 2.44. The van der Waals surface area contributed by atoms with E-state index in [1.165, 1.54) is 9.88 Å². The molecule has 14 heavy (non-hydrogen) atoms. The van der Waals surface area contributed by atoms with Gasteiger partial charge in [0.15, 0.2) is 0 Å². The molecule has 0 amide bonds. The van der Waals surface area contributed by atoms with Crippen LogP contribution in [0, 0.1) is 13.8 Å². The van der Waals surface area contributed by atoms with Gasteiger partial charge < -0.3 is 5.32 Å². The summed E-state index contributed by atoms with van der Waals surface area (Å²) in [4.78, 5) is 5.79. The van der Waals surface area contributed by atoms with Gasteiger partial charge in [0.1, 0.15) is 5.01 Å². The molecule has 78 valence electrons. The van der Waals surface area contributed by atoms with Crippen LogP contribution in [0.2, 0.25) is 0 Å². The van der Waals surface area contributed by atoms with Gasteiger partial charge in [0.25, 0.3) is 0 Å². The zero-order chi connectivity index (χ0) is 10.6. The standard InChI is InChI=1S/C11H18N2S/c1-5-6-8(2)12-7-11-13-9(3)10(4)14-11/h5,8,12H,1,6-7H2,2-4H3. The zero-order valence-corrected chi connectivity index (χ0v) is 9.95. The first-order chi connectivity index (χ1) is 6.63. The lowest BCUT2D eigenvalue weighted by Crippen LogP contribution is -2.24. The second-order valence-corrected chi connectivity index (χ2v) is 4.84. The summed E-state index contributed by atoms with van der Waals surface area (Å²) in [6.45, 7) is 10.9. The topological polar surface area (TPSA) is 24.9 Å². The van der Waals surface area contributed by atoms with Gasteiger partial charge in [-0.3, -0.25) is 0 Å². The highest BCUT2D eigenvalue weighted by Crippen LogP contribution is 2.16. The summed E-state index contributed by atoms with van der Waals surface area (Å²) in [5.74, 6) is 0. The maximum Gasteiger partial charge on any atom is 0.107 e. The number of hydrogen-bond acceptors (Lipinski definition) is 3. The second-order valence-electron chi connectivity index (χ2n) is 3.56. The Hall–Kier alpha value is -0.670. The minimum atomic E-state index is 0.483. The summed E-state index contributed by atoms with van der Waals surface area (Å²) in [7, 11) is 0. The Morgan fingerprint density at radius 2 is 2.29 bits per heavy atom. The molecule has 1 aromatic rings. The van der Waals surface area contributed by atoms with Gasteiger partial charge in [-0.25, -0.2) is 4.98 Å². The lowest BCUT2D eigenvalue weighted by molar-refractivity contribution is 0.552. The monoisotopic (exact) mass is 210 g/mol. The van der Waals surface area contributed by atoms with Crippen LogP contribution in [-0.2, 0) is 6.54 Å². The molecule has 0 radical (unpaired) electrons. The summed E-state index contributed by atoms with van der Waals surface area (Å²) in [6, 6.07) is 0.483. The highest BCUT2D eigenvalue weighted by molar-refractivity contribution is 7.11. The smallest absolute Gasteiger partial charge is 0.107 e. The molecule has 0 saturated heterocycles. The normalized spacial score (nSPS) is 12.8. The predicted octanol–water partition coefficient (Wildman–Crippen LogP) is 2.81. The van der Waals surface area contributed by atoms with E-state index in [4.69, 9.17) is 0 Å². The van der Waals surface area contributed by atoms with Crippen LogP contribution in [0.25, 0.3) is 0 Å². The van der Waals surface area contributed by atoms with Crippen LogP contribution >= 0.6 is 11.3 Å². The maximum atomic E-state index is 4.47. The van der Waals surface area contributed by atoms with Crippen molar-refractivity contribution < 1.29 is 0 Å². The first kappa shape index (κ1) is 11.4. The van der Waals surface area contributed by atoms with Gasteiger partial charge in [-0.15, -0.1) is 17.9 Å². The van der Waals surface area contributed by atoms with Crippen molar-refractivity contribution in [1.29, 1.82) is 0 Å². The quantitative estimate of drug-likeness (QED) is 0.756. The summed E-state index contributed by atoms with van der Waals surface area (Å²) in [6.07, 6.45) is 2.94. The highest BCUT2D eigenvalue weighted by atomic mass is 32.1. The first-order valence-corrected chi connectivity index (χ1v) is 5.72. The third-order valence-corrected chi connectivity index (χ3v) is 3.27. The Morgan fingerprint density at radius 3 is 2.79 bits per heavy atom. The van der Waals surface area contributed by atoms with Crippen molar-refractivity contribution >= 4 is 11.3 Å². The van der Waals surface area contributed by atoms with Crippen LogP contribution in [0.5, 0.6) is 0 Å². The minimum absolute atomic E-state index is 0.483. The van der Waals surface area contributed by atoms with Gasteiger partial charge in [0.05, 0.1) is 5.69 Å². The summed E-state index contributed by atoms with van der Waals surface area (Å²) < 4.78 is 0. The second kappa shape index (κ2) is 5.27. The van der Waals surface area contributed by atoms with Gasteiger partial charge in [-0.2, -0.15) is 0 Å². The van der Waals surface area contributed by atoms with Gasteiger partial charge in [0.2, 0.25) is 0 Å². The van der Waals surface area contributed by atoms with E-state index in [-0.39, 0.29) is 0 Å². The molecule has 0 aliphatic carbocycles. The molecule has 0 aromatic carbocycles. The largest absolute Gasteiger partial charge is 0.308 e. The molecule has 1 rings (SSSR count). The van der Waals surface area contributed by atoms with Crippen LogP contribution in [0.4, 0.5) is 0 Å². The van der Waals surface area contributed by atoms with Crippen molar-refractivity contribution in [2.24, 2.45) is 0 Å². The lowest BCUT2D eigenvalue weighted by atomic mass is 10.2. The predicted molar refractivity (Wildman–Crippen MR) is 62.7 cm³/mol. The summed E-state index contributed by atoms with van der Waals surface area (Å²) >= 11 is 1.77. The summed E-state index contributed by atoms with van der Waals surface area (Å²) in [5, 5.41) is 4.59. The van der Waals surface area contributed by atoms with Crippen molar-refractivity contribution in [1.82, 2.24) is 10.3 Å². The minimum Gasteiger partial charge on any atom is -0.308 e. The Morgan fingerprint density at radius 1 is 1.57 bits per heavy atom. The molecule has 2 nitrogen and oxygen atoms in total. The molecule has 0 spiro atoms. The first-order valence-electron chi connectivity index (χ1n) is 4.90. The van der Waals surface area contributed by atoms with Crippen molar-refractivity contribution in [3.8, 4) is 0 Å². The van der Waals surface area contributed by atoms with Crippen molar-refractivity contribution in [3.63, 3.8) is 0 Å². The van der Waals surface area contributed by atoms with E-state index >= 15 is 0 Å². The zero-order valence-electron chi connectivity index (χ0n) is 9.13. The lowest BCUT2D eigenvalue weighted by Gasteiger charge is -2.09. The Balaban J connectivity index is 2.41. The van der Waals surface area contributed by atoms with Crippen molar-refractivity contribution in [2.45, 2.75) is 39.8 Å². The van der Waals surface area contributed by atoms with E-state index < -0.39 is 0 Å². The Bertz CT molecular complexity index is 285. The SMILES string of the molecule is C=CCC(C)NCc1nc(C)c(C)s1. The number of aromatic nitrogens is 1. The van der Waals surface area contributed by atoms with E-state index in [1.54, 1.807) is 11.3 Å². The summed E-state index contributed by atoms with van der Waals surface area (Å²) in [5.41, 5.74) is 1.16. The molecule has 3 heteroatoms. The number of nitrogens with one attached hydrogen (secondary N) is 1. The van der Waals surface area contributed by atoms with Gasteiger partial charge in [-0.05, 0) is 27.2 Å². The molecular weight excluding hydrogens is 192 g/mol. The third kappa shape index (κ3) is 3.24. The fourth-order valence-corrected chi connectivity index (χ4v) is 2.09. The van der Waals surface area contributed by atoms with Gasteiger partial charge in [-0.1, -0.05) is 6.08 Å². The van der Waals surface area contributed by atoms with E-state index in [0.717, 1.165) is 18.7 Å². The number of thiazole rings is 1. The molecular formula is C11H18N2S. The van der Waals surface area contributed by atoms with E-state index in [0.29, 0.717) is 6.04 Å². The van der Waals surface area contributed by atoms with Crippen LogP contribution in [0.3, 0.4) is 0 Å². The van der Waals surface area contributed by atoms with E-state index in [1.807, 2.05) is 6.08 Å². The molecule has 1 N–H and O–H groups in total. The Labute approximate surface area is 90.1 Å². The Kier molecular flexibility index (Phi) is 4.29. The highest BCUT2D eigenvalue weighted by Gasteiger charge is 2.04. The fraction of sp³-hybridized carbons (Fsp3) is 0.545. The van der Waals surface area contributed by atoms with Crippen LogP contribution in [0.15, 0.2) is 12.7 Å². The molecule has 1 unspecified atom stereocenters. The molecule has 1 atom stereocenters. The third-order valence-electron chi connectivity index (χ3n) is 2.19. The van der Waals surface area contributed by atoms with Gasteiger partial charge >= 0.3 is 0 Å². The average molecular weight is 210 g/mol. The molecule has 1 aromatic heterocycles. The molecule has 0 fully saturated rings. The maximum absolute atomic E-state index is 4.47. The number of hydrogen-bond donors (Lipinski definition) is 1. The molecule has 0 aliphatic heterocycles. The molecule has 0 bridgehead atoms. The van der Waals surface area contributed by atoms with Crippen LogP contribution in [0.1, 0.15) is 28.9 Å². The van der Waals surface area contributed by atoms with Gasteiger partial charge in [0, 0.05) is 17.5 Å². The molecule has 1 heterocycles. The van der Waals surface area contributed by atoms with E-state index in [2.05, 4.69) is 37.7 Å². The van der Waals surface area contributed by atoms with E-state index in [9.17, 15) is 0 Å². The molecule has 0 aliphatic rings. The number of nitrogens with zero attached hydrogens (tertiary/aromatic N) is 1. The fourth-order valence-electron chi connectivity index (χ4n) is 1.21.